The zero-order valence-electron chi connectivity index (χ0n) is 11.4. The summed E-state index contributed by atoms with van der Waals surface area (Å²) in [6.07, 6.45) is 0. The van der Waals surface area contributed by atoms with Crippen molar-refractivity contribution in [2.75, 3.05) is 7.11 Å². The molecular formula is C15H13FN2O2. The average molecular weight is 272 g/mol. The van der Waals surface area contributed by atoms with Gasteiger partial charge in [-0.1, -0.05) is 0 Å². The monoisotopic (exact) mass is 272 g/mol. The van der Waals surface area contributed by atoms with Crippen LogP contribution in [0.4, 0.5) is 4.39 Å². The molecule has 0 unspecified atom stereocenters. The van der Waals surface area contributed by atoms with Crippen molar-refractivity contribution in [2.24, 2.45) is 7.05 Å². The molecule has 20 heavy (non-hydrogen) atoms. The number of methoxy groups -OCH3 is 1. The lowest BCUT2D eigenvalue weighted by molar-refractivity contribution is 0.415. The number of aromatic nitrogens is 1. The molecule has 0 bridgehead atoms. The van der Waals surface area contributed by atoms with Gasteiger partial charge in [-0.05, 0) is 31.2 Å². The second-order valence-electron chi connectivity index (χ2n) is 4.39. The SMILES string of the molecule is COc1ccc(F)cc1-c1cc(C)n(C)c(=O)c1C#N. The van der Waals surface area contributed by atoms with E-state index >= 15 is 0 Å². The van der Waals surface area contributed by atoms with E-state index in [0.717, 1.165) is 0 Å². The van der Waals surface area contributed by atoms with Gasteiger partial charge in [-0.25, -0.2) is 4.39 Å². The number of rotatable bonds is 2. The fourth-order valence-corrected chi connectivity index (χ4v) is 2.03. The van der Waals surface area contributed by atoms with E-state index in [-0.39, 0.29) is 5.56 Å². The van der Waals surface area contributed by atoms with Crippen LogP contribution in [0, 0.1) is 24.1 Å². The summed E-state index contributed by atoms with van der Waals surface area (Å²) < 4.78 is 20.0. The molecule has 0 saturated carbocycles. The zero-order chi connectivity index (χ0) is 14.9. The van der Waals surface area contributed by atoms with Crippen molar-refractivity contribution in [3.05, 3.63) is 51.7 Å². The minimum atomic E-state index is -0.456. The summed E-state index contributed by atoms with van der Waals surface area (Å²) in [6.45, 7) is 1.75. The second-order valence-corrected chi connectivity index (χ2v) is 4.39. The number of ether oxygens (including phenoxy) is 1. The van der Waals surface area contributed by atoms with Crippen LogP contribution < -0.4 is 10.3 Å². The van der Waals surface area contributed by atoms with Gasteiger partial charge in [0.2, 0.25) is 0 Å². The van der Waals surface area contributed by atoms with Gasteiger partial charge in [-0.3, -0.25) is 4.79 Å². The zero-order valence-corrected chi connectivity index (χ0v) is 11.4. The number of benzene rings is 1. The Balaban J connectivity index is 2.87. The highest BCUT2D eigenvalue weighted by Crippen LogP contribution is 2.32. The molecule has 0 fully saturated rings. The van der Waals surface area contributed by atoms with E-state index in [0.29, 0.717) is 22.6 Å². The van der Waals surface area contributed by atoms with Crippen molar-refractivity contribution >= 4 is 0 Å². The first-order chi connectivity index (χ1) is 9.49. The molecule has 4 nitrogen and oxygen atoms in total. The third kappa shape index (κ3) is 2.16. The topological polar surface area (TPSA) is 55.0 Å². The predicted molar refractivity (Wildman–Crippen MR) is 73.1 cm³/mol. The molecule has 2 rings (SSSR count). The highest BCUT2D eigenvalue weighted by Gasteiger charge is 2.16. The molecule has 0 amide bonds. The van der Waals surface area contributed by atoms with Gasteiger partial charge in [0.1, 0.15) is 23.2 Å². The van der Waals surface area contributed by atoms with E-state index in [9.17, 15) is 14.4 Å². The Morgan fingerprint density at radius 2 is 2.00 bits per heavy atom. The Morgan fingerprint density at radius 3 is 2.60 bits per heavy atom. The van der Waals surface area contributed by atoms with E-state index in [1.807, 2.05) is 6.07 Å². The van der Waals surface area contributed by atoms with Gasteiger partial charge < -0.3 is 9.30 Å². The fourth-order valence-electron chi connectivity index (χ4n) is 2.03. The third-order valence-corrected chi connectivity index (χ3v) is 3.23. The summed E-state index contributed by atoms with van der Waals surface area (Å²) in [5, 5.41) is 9.21. The maximum Gasteiger partial charge on any atom is 0.269 e. The lowest BCUT2D eigenvalue weighted by Gasteiger charge is -2.12. The number of nitrogens with zero attached hydrogens (tertiary/aromatic N) is 2. The number of hydrogen-bond acceptors (Lipinski definition) is 3. The van der Waals surface area contributed by atoms with E-state index < -0.39 is 11.4 Å². The Hall–Kier alpha value is -2.61. The Labute approximate surface area is 115 Å². The maximum absolute atomic E-state index is 13.5. The number of pyridine rings is 1. The van der Waals surface area contributed by atoms with Gasteiger partial charge in [-0.2, -0.15) is 5.26 Å². The molecule has 5 heteroatoms. The van der Waals surface area contributed by atoms with Gasteiger partial charge >= 0.3 is 0 Å². The molecule has 0 aliphatic rings. The summed E-state index contributed by atoms with van der Waals surface area (Å²) in [5.74, 6) is -0.0430. The Morgan fingerprint density at radius 1 is 1.30 bits per heavy atom. The van der Waals surface area contributed by atoms with E-state index in [2.05, 4.69) is 0 Å². The molecule has 0 aliphatic carbocycles. The molecule has 102 valence electrons. The second kappa shape index (κ2) is 5.17. The molecular weight excluding hydrogens is 259 g/mol. The normalized spacial score (nSPS) is 10.2. The number of hydrogen-bond donors (Lipinski definition) is 0. The molecule has 0 saturated heterocycles. The van der Waals surface area contributed by atoms with Gasteiger partial charge in [-0.15, -0.1) is 0 Å². The molecule has 0 aliphatic heterocycles. The molecule has 1 aromatic heterocycles. The van der Waals surface area contributed by atoms with Crippen LogP contribution in [0.15, 0.2) is 29.1 Å². The summed E-state index contributed by atoms with van der Waals surface area (Å²) >= 11 is 0. The largest absolute Gasteiger partial charge is 0.496 e. The highest BCUT2D eigenvalue weighted by atomic mass is 19.1. The fraction of sp³-hybridized carbons (Fsp3) is 0.200. The quantitative estimate of drug-likeness (QED) is 0.843. The highest BCUT2D eigenvalue weighted by molar-refractivity contribution is 5.75. The van der Waals surface area contributed by atoms with Crippen LogP contribution in [-0.2, 0) is 7.05 Å². The van der Waals surface area contributed by atoms with Crippen LogP contribution in [0.3, 0.4) is 0 Å². The number of halogens is 1. The summed E-state index contributed by atoms with van der Waals surface area (Å²) in [6, 6.07) is 7.56. The van der Waals surface area contributed by atoms with Gasteiger partial charge in [0.15, 0.2) is 0 Å². The third-order valence-electron chi connectivity index (χ3n) is 3.23. The first-order valence-electron chi connectivity index (χ1n) is 5.94. The minimum absolute atomic E-state index is 0.0259. The summed E-state index contributed by atoms with van der Waals surface area (Å²) in [5.41, 5.74) is 1.01. The average Bonchev–Trinajstić information content (AvgIpc) is 2.44. The van der Waals surface area contributed by atoms with Crippen LogP contribution in [0.2, 0.25) is 0 Å². The van der Waals surface area contributed by atoms with Crippen LogP contribution in [0.1, 0.15) is 11.3 Å². The smallest absolute Gasteiger partial charge is 0.269 e. The predicted octanol–water partition coefficient (Wildman–Crippen LogP) is 2.38. The van der Waals surface area contributed by atoms with Crippen molar-refractivity contribution in [1.29, 1.82) is 5.26 Å². The van der Waals surface area contributed by atoms with Crippen molar-refractivity contribution in [1.82, 2.24) is 4.57 Å². The Kier molecular flexibility index (Phi) is 3.57. The molecule has 0 N–H and O–H groups in total. The van der Waals surface area contributed by atoms with Crippen LogP contribution in [-0.4, -0.2) is 11.7 Å². The van der Waals surface area contributed by atoms with Crippen molar-refractivity contribution < 1.29 is 9.13 Å². The number of nitriles is 1. The minimum Gasteiger partial charge on any atom is -0.496 e. The van der Waals surface area contributed by atoms with Crippen molar-refractivity contribution in [2.45, 2.75) is 6.92 Å². The maximum atomic E-state index is 13.5. The van der Waals surface area contributed by atoms with Crippen molar-refractivity contribution in [3.8, 4) is 22.9 Å². The molecule has 0 spiro atoms. The molecule has 0 radical (unpaired) electrons. The first kappa shape index (κ1) is 13.8. The standard InChI is InChI=1S/C15H13FN2O2/c1-9-6-11(13(8-17)15(19)18(9)2)12-7-10(16)4-5-14(12)20-3/h4-7H,1-3H3. The van der Waals surface area contributed by atoms with Crippen LogP contribution in [0.25, 0.3) is 11.1 Å². The van der Waals surface area contributed by atoms with E-state index in [1.165, 1.54) is 29.9 Å². The number of aryl methyl sites for hydroxylation is 1. The lowest BCUT2D eigenvalue weighted by atomic mass is 9.99. The molecule has 1 heterocycles. The lowest BCUT2D eigenvalue weighted by Crippen LogP contribution is -2.22. The van der Waals surface area contributed by atoms with Crippen molar-refractivity contribution in [3.63, 3.8) is 0 Å². The first-order valence-corrected chi connectivity index (χ1v) is 5.94. The summed E-state index contributed by atoms with van der Waals surface area (Å²) in [7, 11) is 3.04. The Bertz CT molecular complexity index is 773. The van der Waals surface area contributed by atoms with E-state index in [1.54, 1.807) is 20.0 Å². The van der Waals surface area contributed by atoms with Gasteiger partial charge in [0.25, 0.3) is 5.56 Å². The van der Waals surface area contributed by atoms with Crippen LogP contribution in [0.5, 0.6) is 5.75 Å². The van der Waals surface area contributed by atoms with Gasteiger partial charge in [0, 0.05) is 23.9 Å². The van der Waals surface area contributed by atoms with Crippen LogP contribution >= 0.6 is 0 Å². The van der Waals surface area contributed by atoms with Gasteiger partial charge in [0.05, 0.1) is 7.11 Å². The summed E-state index contributed by atoms with van der Waals surface area (Å²) in [4.78, 5) is 12.1. The molecule has 2 aromatic rings. The molecule has 0 atom stereocenters. The van der Waals surface area contributed by atoms with E-state index in [4.69, 9.17) is 4.74 Å². The molecule has 1 aromatic carbocycles.